The first-order valence-corrected chi connectivity index (χ1v) is 41.8. The van der Waals surface area contributed by atoms with E-state index in [1.165, 1.54) is 52.5 Å². The predicted octanol–water partition coefficient (Wildman–Crippen LogP) is 29.4. The smallest absolute Gasteiger partial charge is 0.165 e. The average Bonchev–Trinajstić information content (AvgIpc) is 1.22. The minimum Gasteiger partial charge on any atom is -0.456 e. The van der Waals surface area contributed by atoms with E-state index in [-0.39, 0.29) is 0 Å². The van der Waals surface area contributed by atoms with Gasteiger partial charge in [-0.25, -0.2) is 44.9 Å². The molecule has 25 aromatic rings. The van der Waals surface area contributed by atoms with Gasteiger partial charge in [-0.05, 0) is 132 Å². The largest absolute Gasteiger partial charge is 0.456 e. The van der Waals surface area contributed by atoms with Crippen LogP contribution in [0.15, 0.2) is 415 Å². The third-order valence-electron chi connectivity index (χ3n) is 23.1. The molecule has 0 bridgehead atoms. The Morgan fingerprint density at radius 2 is 0.528 bits per heavy atom. The molecule has 123 heavy (non-hydrogen) atoms. The first-order chi connectivity index (χ1) is 60.9. The molecule has 574 valence electrons. The summed E-state index contributed by atoms with van der Waals surface area (Å²) in [6.07, 6.45) is 0. The third-order valence-corrected chi connectivity index (χ3v) is 24.3. The summed E-state index contributed by atoms with van der Waals surface area (Å²) in [5, 5.41) is 20.8. The lowest BCUT2D eigenvalue weighted by molar-refractivity contribution is 0.668. The van der Waals surface area contributed by atoms with E-state index in [0.717, 1.165) is 137 Å². The minimum atomic E-state index is 0.597. The highest BCUT2D eigenvalue weighted by Gasteiger charge is 2.24. The Bertz CT molecular complexity index is 8470. The highest BCUT2D eigenvalue weighted by molar-refractivity contribution is 7.26. The Morgan fingerprint density at radius 1 is 0.163 bits per heavy atom. The maximum absolute atomic E-state index is 6.24. The van der Waals surface area contributed by atoms with Gasteiger partial charge in [0.25, 0.3) is 0 Å². The van der Waals surface area contributed by atoms with Crippen LogP contribution in [0.25, 0.3) is 242 Å². The van der Waals surface area contributed by atoms with Crippen molar-refractivity contribution in [1.29, 1.82) is 0 Å². The molecule has 0 unspecified atom stereocenters. The highest BCUT2D eigenvalue weighted by atomic mass is 32.1. The topological polar surface area (TPSA) is 142 Å². The molecule has 6 heterocycles. The molecule has 12 heteroatoms. The Kier molecular flexibility index (Phi) is 17.8. The number of furan rings is 2. The zero-order valence-electron chi connectivity index (χ0n) is 65.9. The monoisotopic (exact) mass is 1590 g/mol. The molecule has 0 spiro atoms. The van der Waals surface area contributed by atoms with E-state index >= 15 is 0 Å². The van der Waals surface area contributed by atoms with E-state index < -0.39 is 0 Å². The molecular formula is C111H67N9O2S. The SMILES string of the molecule is c1ccc(-c2cc(-c3nc(-c4ccccc4)nc(-c4ccc5c(c4)oc4ccccc45)n3)c3c(ccc4ccccc43)c2)cc1.c1ccc(-c2nc(-c3cc4ccccc4c4ccccc34)nc(-c3cccc4c3sc3ccccc34)n2)cc1.c1ccc(-c2nc(-c3ccc4c(c3)oc3ccccc34)nc(-c3cccc4ccc5ccccc5c34)n2)cc1. The van der Waals surface area contributed by atoms with Crippen LogP contribution in [0.3, 0.4) is 0 Å². The molecular weight excluding hydrogens is 1520 g/mol. The van der Waals surface area contributed by atoms with Crippen LogP contribution < -0.4 is 0 Å². The summed E-state index contributed by atoms with van der Waals surface area (Å²) < 4.78 is 14.9. The van der Waals surface area contributed by atoms with Crippen LogP contribution in [0.1, 0.15) is 0 Å². The van der Waals surface area contributed by atoms with Crippen molar-refractivity contribution >= 4 is 140 Å². The van der Waals surface area contributed by atoms with E-state index in [1.54, 1.807) is 11.3 Å². The number of hydrogen-bond donors (Lipinski definition) is 0. The summed E-state index contributed by atoms with van der Waals surface area (Å²) in [4.78, 5) is 45.6. The van der Waals surface area contributed by atoms with Crippen molar-refractivity contribution in [2.45, 2.75) is 0 Å². The van der Waals surface area contributed by atoms with Crippen LogP contribution in [-0.2, 0) is 0 Å². The molecule has 0 aliphatic heterocycles. The van der Waals surface area contributed by atoms with Gasteiger partial charge in [-0.15, -0.1) is 11.3 Å². The molecule has 11 nitrogen and oxygen atoms in total. The summed E-state index contributed by atoms with van der Waals surface area (Å²) in [6, 6.07) is 140. The molecule has 25 rings (SSSR count). The third kappa shape index (κ3) is 13.2. The molecule has 0 saturated heterocycles. The molecule has 6 aromatic heterocycles. The first-order valence-electron chi connectivity index (χ1n) is 41.0. The number of para-hydroxylation sites is 2. The average molecular weight is 1590 g/mol. The molecule has 0 aliphatic carbocycles. The van der Waals surface area contributed by atoms with E-state index in [9.17, 15) is 0 Å². The standard InChI is InChI=1S/C41H25N3O.C35H21N3O.C35H21N3S/c1-3-11-26(12-4-1)31-23-29-20-19-27-13-7-8-16-32(27)38(29)35(24-31)41-43-39(28-14-5-2-6-15-28)42-40(44-41)30-21-22-34-33-17-9-10-18-36(33)45-37(34)25-30;1-2-10-24(11-3-1)33-36-34(25-19-20-28-27-14-6-7-16-30(27)39-31(28)21-25)38-35(37-33)29-15-8-12-23-18-17-22-9-4-5-13-26(22)32(23)29;1-2-11-22(12-3-1)33-36-34(29-19-10-18-28-27-17-8-9-20-31(27)39-32(28)29)38-35(37-33)30-21-23-13-4-5-14-24(23)25-15-6-7-16-26(25)30/h1-25H;2*1-21H. The van der Waals surface area contributed by atoms with Crippen LogP contribution in [0.4, 0.5) is 0 Å². The number of fused-ring (bicyclic) bond motifs is 18. The molecule has 0 fully saturated rings. The number of hydrogen-bond acceptors (Lipinski definition) is 12. The normalized spacial score (nSPS) is 11.6. The van der Waals surface area contributed by atoms with Gasteiger partial charge >= 0.3 is 0 Å². The second kappa shape index (κ2) is 30.5. The Morgan fingerprint density at radius 3 is 1.10 bits per heavy atom. The van der Waals surface area contributed by atoms with E-state index in [4.69, 9.17) is 53.7 Å². The molecule has 0 N–H and O–H groups in total. The number of thiophene rings is 1. The fourth-order valence-corrected chi connectivity index (χ4v) is 18.5. The fraction of sp³-hybridized carbons (Fsp3) is 0. The summed E-state index contributed by atoms with van der Waals surface area (Å²) in [5.74, 6) is 5.78. The summed E-state index contributed by atoms with van der Waals surface area (Å²) in [5.41, 5.74) is 14.2. The fourth-order valence-electron chi connectivity index (χ4n) is 17.3. The number of aromatic nitrogens is 9. The van der Waals surface area contributed by atoms with Crippen molar-refractivity contribution < 1.29 is 8.83 Å². The molecule has 19 aromatic carbocycles. The molecule has 0 amide bonds. The zero-order valence-corrected chi connectivity index (χ0v) is 66.7. The van der Waals surface area contributed by atoms with E-state index in [1.807, 2.05) is 133 Å². The van der Waals surface area contributed by atoms with Crippen LogP contribution in [0.2, 0.25) is 0 Å². The highest BCUT2D eigenvalue weighted by Crippen LogP contribution is 2.45. The first kappa shape index (κ1) is 71.9. The lowest BCUT2D eigenvalue weighted by atomic mass is 9.93. The summed E-state index contributed by atoms with van der Waals surface area (Å²) >= 11 is 1.79. The molecule has 0 atom stereocenters. The van der Waals surface area contributed by atoms with Crippen LogP contribution >= 0.6 is 11.3 Å². The molecule has 0 radical (unpaired) electrons. The van der Waals surface area contributed by atoms with Gasteiger partial charge in [0.1, 0.15) is 22.3 Å². The Hall–Kier alpha value is -16.4. The maximum Gasteiger partial charge on any atom is 0.165 e. The summed E-state index contributed by atoms with van der Waals surface area (Å²) in [6.45, 7) is 0. The lowest BCUT2D eigenvalue weighted by Gasteiger charge is -2.14. The predicted molar refractivity (Wildman–Crippen MR) is 506 cm³/mol. The van der Waals surface area contributed by atoms with Crippen molar-refractivity contribution in [3.05, 3.63) is 406 Å². The van der Waals surface area contributed by atoms with Gasteiger partial charge in [-0.3, -0.25) is 0 Å². The maximum atomic E-state index is 6.24. The van der Waals surface area contributed by atoms with Crippen molar-refractivity contribution in [2.75, 3.05) is 0 Å². The van der Waals surface area contributed by atoms with Crippen molar-refractivity contribution in [3.8, 4) is 114 Å². The minimum absolute atomic E-state index is 0.597. The van der Waals surface area contributed by atoms with Gasteiger partial charge < -0.3 is 8.83 Å². The zero-order chi connectivity index (χ0) is 81.3. The van der Waals surface area contributed by atoms with Crippen LogP contribution in [0.5, 0.6) is 0 Å². The quantitative estimate of drug-likeness (QED) is 0.121. The van der Waals surface area contributed by atoms with Crippen molar-refractivity contribution in [1.82, 2.24) is 44.9 Å². The second-order valence-electron chi connectivity index (χ2n) is 30.6. The lowest BCUT2D eigenvalue weighted by Crippen LogP contribution is -2.01. The number of nitrogens with zero attached hydrogens (tertiary/aromatic N) is 9. The summed E-state index contributed by atoms with van der Waals surface area (Å²) in [7, 11) is 0. The van der Waals surface area contributed by atoms with Gasteiger partial charge in [-0.1, -0.05) is 340 Å². The van der Waals surface area contributed by atoms with Crippen LogP contribution in [0, 0.1) is 0 Å². The number of benzene rings is 19. The van der Waals surface area contributed by atoms with Crippen molar-refractivity contribution in [2.24, 2.45) is 0 Å². The van der Waals surface area contributed by atoms with Gasteiger partial charge in [0.05, 0.1) is 0 Å². The van der Waals surface area contributed by atoms with Crippen molar-refractivity contribution in [3.63, 3.8) is 0 Å². The van der Waals surface area contributed by atoms with E-state index in [0.29, 0.717) is 52.4 Å². The van der Waals surface area contributed by atoms with E-state index in [2.05, 4.69) is 273 Å². The Labute approximate surface area is 709 Å². The number of rotatable bonds is 10. The molecule has 0 aliphatic rings. The van der Waals surface area contributed by atoms with Gasteiger partial charge in [-0.2, -0.15) is 0 Å². The van der Waals surface area contributed by atoms with Gasteiger partial charge in [0.15, 0.2) is 52.4 Å². The van der Waals surface area contributed by atoms with Crippen LogP contribution in [-0.4, -0.2) is 44.9 Å². The second-order valence-corrected chi connectivity index (χ2v) is 31.6. The Balaban J connectivity index is 0.000000107. The van der Waals surface area contributed by atoms with Gasteiger partial charge in [0.2, 0.25) is 0 Å². The molecule has 0 saturated carbocycles. The van der Waals surface area contributed by atoms with Gasteiger partial charge in [0, 0.05) is 103 Å².